The van der Waals surface area contributed by atoms with Crippen LogP contribution in [0.2, 0.25) is 0 Å². The van der Waals surface area contributed by atoms with Crippen LogP contribution in [0.25, 0.3) is 198 Å². The molecule has 0 aliphatic heterocycles. The third-order valence-corrected chi connectivity index (χ3v) is 22.6. The first-order chi connectivity index (χ1) is 52.8. The molecule has 0 amide bonds. The normalized spacial score (nSPS) is 12.5. The zero-order chi connectivity index (χ0) is 70.8. The van der Waals surface area contributed by atoms with Crippen LogP contribution in [-0.4, -0.2) is 29.5 Å². The Bertz CT molecular complexity index is 7210. The molecule has 4 heterocycles. The smallest absolute Gasteiger partial charge is 0.168 e. The van der Waals surface area contributed by atoms with Crippen molar-refractivity contribution < 1.29 is 0 Å². The first-order valence-corrected chi connectivity index (χ1v) is 36.8. The first-order valence-electron chi connectivity index (χ1n) is 36.8. The number of hydrogen-bond acceptors (Lipinski definition) is 4. The van der Waals surface area contributed by atoms with Crippen molar-refractivity contribution in [3.8, 4) is 89.8 Å². The zero-order valence-corrected chi connectivity index (χ0v) is 58.8. The van der Waals surface area contributed by atoms with Crippen molar-refractivity contribution in [2.75, 3.05) is 0 Å². The molecule has 0 fully saturated rings. The highest BCUT2D eigenvalue weighted by Gasteiger charge is 2.37. The van der Waals surface area contributed by atoms with Crippen LogP contribution in [0.15, 0.2) is 364 Å². The van der Waals surface area contributed by atoms with Gasteiger partial charge in [-0.25, -0.2) is 0 Å². The van der Waals surface area contributed by atoms with Gasteiger partial charge in [0.05, 0.1) is 22.1 Å². The summed E-state index contributed by atoms with van der Waals surface area (Å²) in [5.41, 5.74) is 23.3. The molecule has 6 heteroatoms. The van der Waals surface area contributed by atoms with Gasteiger partial charge in [0.2, 0.25) is 0 Å². The maximum Gasteiger partial charge on any atom is 0.168 e. The molecule has 6 nitrogen and oxygen atoms in total. The molecule has 0 N–H and O–H groups in total. The molecule has 0 bridgehead atoms. The van der Waals surface area contributed by atoms with Crippen LogP contribution < -0.4 is 0 Å². The predicted octanol–water partition coefficient (Wildman–Crippen LogP) is 26.4. The van der Waals surface area contributed by atoms with Gasteiger partial charge in [-0.05, 0) is 158 Å². The van der Waals surface area contributed by atoms with E-state index in [0.29, 0.717) is 0 Å². The van der Waals surface area contributed by atoms with Gasteiger partial charge in [0.1, 0.15) is 11.4 Å². The van der Waals surface area contributed by atoms with Gasteiger partial charge in [0.15, 0.2) is 11.6 Å². The van der Waals surface area contributed by atoms with Gasteiger partial charge in [0, 0.05) is 59.6 Å². The van der Waals surface area contributed by atoms with E-state index in [1.54, 1.807) is 0 Å². The van der Waals surface area contributed by atoms with Crippen LogP contribution in [0.4, 0.5) is 0 Å². The summed E-state index contributed by atoms with van der Waals surface area (Å²) in [6.45, 7) is 4.71. The minimum atomic E-state index is -0.0938. The number of benzene rings is 17. The van der Waals surface area contributed by atoms with Crippen molar-refractivity contribution in [3.63, 3.8) is 0 Å². The highest BCUT2D eigenvalue weighted by molar-refractivity contribution is 6.21. The molecule has 0 spiro atoms. The molecule has 0 saturated heterocycles. The lowest BCUT2D eigenvalue weighted by Gasteiger charge is -2.21. The van der Waals surface area contributed by atoms with E-state index in [-0.39, 0.29) is 5.41 Å². The molecule has 0 saturated carbocycles. The van der Waals surface area contributed by atoms with Crippen molar-refractivity contribution in [1.29, 1.82) is 0 Å². The molecular formula is C101H66N6. The van der Waals surface area contributed by atoms with Crippen molar-refractivity contribution in [1.82, 2.24) is 29.5 Å². The Kier molecular flexibility index (Phi) is 14.2. The lowest BCUT2D eigenvalue weighted by Crippen LogP contribution is -2.14. The fraction of sp³-hybridized carbons (Fsp3) is 0.0297. The van der Waals surface area contributed by atoms with Crippen LogP contribution in [0.3, 0.4) is 0 Å². The van der Waals surface area contributed by atoms with Crippen molar-refractivity contribution >= 4 is 108 Å². The Balaban J connectivity index is 0.000000139. The van der Waals surface area contributed by atoms with Crippen molar-refractivity contribution in [3.05, 3.63) is 375 Å². The standard InChI is InChI=1S/C55H37N3.C46H29N3/c1-55(2)47-27-13-12-24-45(47)51-40(25-14-28-48(51)55)41-26-15-29-49-52(41)46-32-35-18-6-7-19-36(35)33-50(46)58(49)54-44-23-11-10-22-42(44)53(56-57-54)43-31-30-37(34-16-4-3-5-17-34)38-20-8-9-21-39(38)43;1-2-10-30(11-3-1)38-24-25-43-41(28-38)42-27-35-14-6-7-15-36(35)29-44(42)49(43)46-40-17-9-8-16-39(40)45(47-48-46)33-21-18-32(19-22-33)37-23-20-31-12-4-5-13-34(31)26-37/h3-33H,1-2H3;1-29H. The number of hydrogen-bond donors (Lipinski definition) is 0. The molecule has 21 aromatic rings. The van der Waals surface area contributed by atoms with Gasteiger partial charge in [-0.1, -0.05) is 329 Å². The average molecular weight is 1360 g/mol. The van der Waals surface area contributed by atoms with Gasteiger partial charge in [-0.2, -0.15) is 0 Å². The average Bonchev–Trinajstić information content (AvgIpc) is 1.44. The highest BCUT2D eigenvalue weighted by Crippen LogP contribution is 2.54. The van der Waals surface area contributed by atoms with E-state index < -0.39 is 0 Å². The molecule has 0 unspecified atom stereocenters. The first kappa shape index (κ1) is 61.7. The lowest BCUT2D eigenvalue weighted by atomic mass is 9.82. The summed E-state index contributed by atoms with van der Waals surface area (Å²) in [4.78, 5) is 0. The van der Waals surface area contributed by atoms with Crippen LogP contribution in [0.1, 0.15) is 25.0 Å². The summed E-state index contributed by atoms with van der Waals surface area (Å²) in [7, 11) is 0. The summed E-state index contributed by atoms with van der Waals surface area (Å²) in [6, 6.07) is 131. The molecular weight excluding hydrogens is 1300 g/mol. The third-order valence-electron chi connectivity index (χ3n) is 22.6. The van der Waals surface area contributed by atoms with E-state index in [4.69, 9.17) is 20.4 Å². The Morgan fingerprint density at radius 3 is 1.35 bits per heavy atom. The summed E-state index contributed by atoms with van der Waals surface area (Å²) >= 11 is 0. The number of fused-ring (bicyclic) bond motifs is 15. The van der Waals surface area contributed by atoms with E-state index in [2.05, 4.69) is 387 Å². The van der Waals surface area contributed by atoms with Gasteiger partial charge < -0.3 is 0 Å². The second-order valence-corrected chi connectivity index (χ2v) is 28.8. The Morgan fingerprint density at radius 2 is 0.654 bits per heavy atom. The molecule has 500 valence electrons. The second-order valence-electron chi connectivity index (χ2n) is 28.8. The molecule has 4 aromatic heterocycles. The minimum Gasteiger partial charge on any atom is -0.292 e. The lowest BCUT2D eigenvalue weighted by molar-refractivity contribution is 0.660. The number of rotatable bonds is 8. The van der Waals surface area contributed by atoms with Gasteiger partial charge in [0.25, 0.3) is 0 Å². The monoisotopic (exact) mass is 1360 g/mol. The van der Waals surface area contributed by atoms with Crippen molar-refractivity contribution in [2.45, 2.75) is 19.3 Å². The van der Waals surface area contributed by atoms with Crippen LogP contribution in [-0.2, 0) is 5.41 Å². The van der Waals surface area contributed by atoms with Gasteiger partial charge in [-0.15, -0.1) is 20.4 Å². The van der Waals surface area contributed by atoms with Crippen molar-refractivity contribution in [2.24, 2.45) is 0 Å². The fourth-order valence-corrected chi connectivity index (χ4v) is 17.4. The van der Waals surface area contributed by atoms with Crippen LogP contribution in [0.5, 0.6) is 0 Å². The molecule has 1 aliphatic rings. The largest absolute Gasteiger partial charge is 0.292 e. The predicted molar refractivity (Wildman–Crippen MR) is 448 cm³/mol. The number of aromatic nitrogens is 6. The summed E-state index contributed by atoms with van der Waals surface area (Å²) in [6.07, 6.45) is 0. The van der Waals surface area contributed by atoms with E-state index in [1.165, 1.54) is 126 Å². The molecule has 0 atom stereocenters. The molecule has 17 aromatic carbocycles. The quantitative estimate of drug-likeness (QED) is 0.152. The maximum absolute atomic E-state index is 5.22. The van der Waals surface area contributed by atoms with Gasteiger partial charge >= 0.3 is 0 Å². The van der Waals surface area contributed by atoms with Gasteiger partial charge in [-0.3, -0.25) is 9.13 Å². The van der Waals surface area contributed by atoms with Crippen LogP contribution in [0, 0.1) is 0 Å². The van der Waals surface area contributed by atoms with E-state index in [9.17, 15) is 0 Å². The summed E-state index contributed by atoms with van der Waals surface area (Å²) < 4.78 is 4.66. The summed E-state index contributed by atoms with van der Waals surface area (Å²) in [5.74, 6) is 1.65. The SMILES string of the molecule is CC1(C)c2ccccc2-c2c(-c3cccc4c3c3cc5ccccc5cc3n4-c3nnc(-c4ccc(-c5ccccc5)c5ccccc45)c4ccccc34)cccc21.c1ccc(-c2ccc3c(c2)c2cc4ccccc4cc2n3-c2nnc(-c3ccc(-c4ccc5ccccc5c4)cc3)c3ccccc23)cc1. The molecule has 1 aliphatic carbocycles. The topological polar surface area (TPSA) is 61.4 Å². The Labute approximate surface area is 618 Å². The molecule has 107 heavy (non-hydrogen) atoms. The maximum atomic E-state index is 5.22. The van der Waals surface area contributed by atoms with E-state index >= 15 is 0 Å². The van der Waals surface area contributed by atoms with E-state index in [0.717, 1.165) is 83.1 Å². The molecule has 0 radical (unpaired) electrons. The van der Waals surface area contributed by atoms with E-state index in [1.807, 2.05) is 0 Å². The van der Waals surface area contributed by atoms with Crippen LogP contribution >= 0.6 is 0 Å². The highest BCUT2D eigenvalue weighted by atomic mass is 15.2. The Hall–Kier alpha value is -13.9. The summed E-state index contributed by atoms with van der Waals surface area (Å²) in [5, 5.41) is 39.1. The number of nitrogens with zero attached hydrogens (tertiary/aromatic N) is 6. The minimum absolute atomic E-state index is 0.0938. The third kappa shape index (κ3) is 9.94. The molecule has 22 rings (SSSR count). The zero-order valence-electron chi connectivity index (χ0n) is 58.8. The second kappa shape index (κ2) is 24.6. The fourth-order valence-electron chi connectivity index (χ4n) is 17.4. The Morgan fingerprint density at radius 1 is 0.215 bits per heavy atom.